The molecule has 1 aromatic carbocycles. The Labute approximate surface area is 110 Å². The molecule has 1 amide bonds. The number of amides is 1. The van der Waals surface area contributed by atoms with Gasteiger partial charge in [0.2, 0.25) is 0 Å². The van der Waals surface area contributed by atoms with E-state index < -0.39 is 10.8 Å². The number of carbonyl (C=O) groups excluding carboxylic acids is 1. The lowest BCUT2D eigenvalue weighted by molar-refractivity contribution is -0.385. The monoisotopic (exact) mass is 268 g/mol. The molecule has 1 atom stereocenters. The van der Waals surface area contributed by atoms with Gasteiger partial charge in [-0.25, -0.2) is 0 Å². The molecule has 1 aromatic rings. The summed E-state index contributed by atoms with van der Waals surface area (Å²) in [5.41, 5.74) is -0.190. The minimum absolute atomic E-state index is 0.0414. The summed E-state index contributed by atoms with van der Waals surface area (Å²) < 4.78 is 5.11. The number of para-hydroxylation sites is 2. The van der Waals surface area contributed by atoms with Gasteiger partial charge >= 0.3 is 5.69 Å². The van der Waals surface area contributed by atoms with Crippen molar-refractivity contribution in [2.75, 3.05) is 13.2 Å². The van der Waals surface area contributed by atoms with Crippen LogP contribution in [0.2, 0.25) is 0 Å². The van der Waals surface area contributed by atoms with Gasteiger partial charge in [0.25, 0.3) is 5.91 Å². The maximum Gasteiger partial charge on any atom is 0.310 e. The van der Waals surface area contributed by atoms with Crippen LogP contribution >= 0.6 is 0 Å². The van der Waals surface area contributed by atoms with Crippen molar-refractivity contribution in [3.63, 3.8) is 0 Å². The molecule has 0 heterocycles. The molecule has 0 aliphatic rings. The van der Waals surface area contributed by atoms with Gasteiger partial charge in [0.05, 0.1) is 17.6 Å². The summed E-state index contributed by atoms with van der Waals surface area (Å²) >= 11 is 0. The van der Waals surface area contributed by atoms with Crippen molar-refractivity contribution in [3.8, 4) is 5.75 Å². The topological polar surface area (TPSA) is 102 Å². The summed E-state index contributed by atoms with van der Waals surface area (Å²) in [6, 6.07) is 5.50. The molecular weight excluding hydrogens is 252 g/mol. The maximum atomic E-state index is 11.5. The number of hydrogen-bond donors (Lipinski definition) is 2. The zero-order chi connectivity index (χ0) is 14.3. The Morgan fingerprint density at radius 2 is 2.21 bits per heavy atom. The van der Waals surface area contributed by atoms with Crippen molar-refractivity contribution in [2.24, 2.45) is 0 Å². The Morgan fingerprint density at radius 1 is 1.53 bits per heavy atom. The van der Waals surface area contributed by atoms with E-state index in [-0.39, 0.29) is 30.7 Å². The summed E-state index contributed by atoms with van der Waals surface area (Å²) in [7, 11) is 0. The number of ether oxygens (including phenoxy) is 1. The fourth-order valence-electron chi connectivity index (χ4n) is 1.42. The number of nitrogens with zero attached hydrogens (tertiary/aromatic N) is 1. The van der Waals surface area contributed by atoms with Gasteiger partial charge in [0.15, 0.2) is 12.4 Å². The largest absolute Gasteiger partial charge is 0.477 e. The molecule has 0 aliphatic carbocycles. The fraction of sp³-hybridized carbons (Fsp3) is 0.417. The predicted octanol–water partition coefficient (Wildman–Crippen LogP) is 0.861. The molecule has 2 N–H and O–H groups in total. The van der Waals surface area contributed by atoms with Gasteiger partial charge < -0.3 is 15.2 Å². The first-order valence-corrected chi connectivity index (χ1v) is 5.85. The first kappa shape index (κ1) is 14.9. The third-order valence-corrected chi connectivity index (χ3v) is 2.50. The van der Waals surface area contributed by atoms with E-state index in [0.29, 0.717) is 6.42 Å². The van der Waals surface area contributed by atoms with Crippen LogP contribution in [0.3, 0.4) is 0 Å². The molecule has 0 unspecified atom stereocenters. The van der Waals surface area contributed by atoms with E-state index in [4.69, 9.17) is 9.84 Å². The summed E-state index contributed by atoms with van der Waals surface area (Å²) in [6.07, 6.45) is 0.591. The van der Waals surface area contributed by atoms with Crippen LogP contribution in [-0.2, 0) is 4.79 Å². The minimum Gasteiger partial charge on any atom is -0.477 e. The maximum absolute atomic E-state index is 11.5. The number of aliphatic hydroxyl groups excluding tert-OH is 1. The highest BCUT2D eigenvalue weighted by atomic mass is 16.6. The minimum atomic E-state index is -0.574. The van der Waals surface area contributed by atoms with E-state index in [9.17, 15) is 14.9 Å². The number of benzene rings is 1. The van der Waals surface area contributed by atoms with E-state index in [1.165, 1.54) is 18.2 Å². The van der Waals surface area contributed by atoms with Crippen LogP contribution in [0, 0.1) is 10.1 Å². The van der Waals surface area contributed by atoms with Crippen LogP contribution in [0.4, 0.5) is 5.69 Å². The van der Waals surface area contributed by atoms with Gasteiger partial charge in [-0.1, -0.05) is 19.1 Å². The fourth-order valence-corrected chi connectivity index (χ4v) is 1.42. The zero-order valence-electron chi connectivity index (χ0n) is 10.5. The third kappa shape index (κ3) is 4.55. The number of rotatable bonds is 7. The Morgan fingerprint density at radius 3 is 2.79 bits per heavy atom. The second-order valence-electron chi connectivity index (χ2n) is 3.87. The van der Waals surface area contributed by atoms with E-state index in [1.807, 2.05) is 6.92 Å². The SMILES string of the molecule is CC[C@H](CO)NC(=O)COc1ccccc1[N+](=O)[O-]. The van der Waals surface area contributed by atoms with E-state index in [1.54, 1.807) is 6.07 Å². The first-order chi connectivity index (χ1) is 9.08. The Hall–Kier alpha value is -2.15. The molecule has 7 heteroatoms. The molecule has 7 nitrogen and oxygen atoms in total. The van der Waals surface area contributed by atoms with Crippen LogP contribution in [0.15, 0.2) is 24.3 Å². The molecule has 0 aromatic heterocycles. The number of nitrogens with one attached hydrogen (secondary N) is 1. The highest BCUT2D eigenvalue weighted by molar-refractivity contribution is 5.78. The van der Waals surface area contributed by atoms with E-state index in [0.717, 1.165) is 0 Å². The molecule has 19 heavy (non-hydrogen) atoms. The molecule has 0 saturated carbocycles. The van der Waals surface area contributed by atoms with Gasteiger partial charge in [-0.15, -0.1) is 0 Å². The van der Waals surface area contributed by atoms with Gasteiger partial charge in [0.1, 0.15) is 0 Å². The van der Waals surface area contributed by atoms with Crippen molar-refractivity contribution in [2.45, 2.75) is 19.4 Å². The molecule has 0 radical (unpaired) electrons. The Kier molecular flexibility index (Phi) is 5.74. The summed E-state index contributed by atoms with van der Waals surface area (Å²) in [6.45, 7) is 1.33. The number of hydrogen-bond acceptors (Lipinski definition) is 5. The summed E-state index contributed by atoms with van der Waals surface area (Å²) in [5.74, 6) is -0.390. The van der Waals surface area contributed by atoms with E-state index >= 15 is 0 Å². The zero-order valence-corrected chi connectivity index (χ0v) is 10.5. The number of carbonyl (C=O) groups is 1. The van der Waals surface area contributed by atoms with Crippen LogP contribution in [-0.4, -0.2) is 35.2 Å². The van der Waals surface area contributed by atoms with Crippen LogP contribution in [0.25, 0.3) is 0 Å². The molecular formula is C12H16N2O5. The van der Waals surface area contributed by atoms with E-state index in [2.05, 4.69) is 5.32 Å². The lowest BCUT2D eigenvalue weighted by Crippen LogP contribution is -2.39. The Balaban J connectivity index is 2.57. The molecule has 0 bridgehead atoms. The quantitative estimate of drug-likeness (QED) is 0.564. The van der Waals surface area contributed by atoms with Crippen molar-refractivity contribution >= 4 is 11.6 Å². The standard InChI is InChI=1S/C12H16N2O5/c1-2-9(7-15)13-12(16)8-19-11-6-4-3-5-10(11)14(17)18/h3-6,9,15H,2,7-8H2,1H3,(H,13,16)/t9-/m1/s1. The molecule has 104 valence electrons. The predicted molar refractivity (Wildman–Crippen MR) is 67.9 cm³/mol. The van der Waals surface area contributed by atoms with Gasteiger partial charge in [-0.05, 0) is 12.5 Å². The van der Waals surface area contributed by atoms with Gasteiger partial charge in [-0.2, -0.15) is 0 Å². The van der Waals surface area contributed by atoms with Crippen LogP contribution in [0.5, 0.6) is 5.75 Å². The average Bonchev–Trinajstić information content (AvgIpc) is 2.42. The highest BCUT2D eigenvalue weighted by Crippen LogP contribution is 2.25. The molecule has 1 rings (SSSR count). The molecule has 0 fully saturated rings. The normalized spacial score (nSPS) is 11.7. The second kappa shape index (κ2) is 7.32. The Bertz CT molecular complexity index is 446. The van der Waals surface area contributed by atoms with Crippen molar-refractivity contribution in [1.82, 2.24) is 5.32 Å². The van der Waals surface area contributed by atoms with Crippen molar-refractivity contribution in [3.05, 3.63) is 34.4 Å². The lowest BCUT2D eigenvalue weighted by atomic mass is 10.2. The highest BCUT2D eigenvalue weighted by Gasteiger charge is 2.15. The number of nitro benzene ring substituents is 1. The first-order valence-electron chi connectivity index (χ1n) is 5.85. The van der Waals surface area contributed by atoms with Crippen LogP contribution < -0.4 is 10.1 Å². The lowest BCUT2D eigenvalue weighted by Gasteiger charge is -2.14. The average molecular weight is 268 g/mol. The number of nitro groups is 1. The van der Waals surface area contributed by atoms with Crippen molar-refractivity contribution < 1.29 is 19.6 Å². The molecule has 0 aliphatic heterocycles. The van der Waals surface area contributed by atoms with Gasteiger partial charge in [-0.3, -0.25) is 14.9 Å². The smallest absolute Gasteiger partial charge is 0.310 e. The molecule has 0 spiro atoms. The van der Waals surface area contributed by atoms with Crippen molar-refractivity contribution in [1.29, 1.82) is 0 Å². The number of aliphatic hydroxyl groups is 1. The summed E-state index contributed by atoms with van der Waals surface area (Å²) in [5, 5.41) is 22.2. The van der Waals surface area contributed by atoms with Crippen LogP contribution in [0.1, 0.15) is 13.3 Å². The summed E-state index contributed by atoms with van der Waals surface area (Å²) in [4.78, 5) is 21.7. The third-order valence-electron chi connectivity index (χ3n) is 2.50. The second-order valence-corrected chi connectivity index (χ2v) is 3.87. The van der Waals surface area contributed by atoms with Gasteiger partial charge in [0, 0.05) is 6.07 Å². The molecule has 0 saturated heterocycles.